The molecule has 0 bridgehead atoms. The summed E-state index contributed by atoms with van der Waals surface area (Å²) < 4.78 is 38.8. The van der Waals surface area contributed by atoms with Crippen LogP contribution in [-0.4, -0.2) is 15.5 Å². The standard InChI is InChI=1S/C14H16BrNO4S/c1-9-4-6-12(20-9)10(2)16-21(17,18)14-8-11(15)5-7-13(14)19-3/h4-8,10,16H,1-3H3. The zero-order valence-corrected chi connectivity index (χ0v) is 14.3. The van der Waals surface area contributed by atoms with Gasteiger partial charge in [-0.3, -0.25) is 0 Å². The molecule has 0 fully saturated rings. The van der Waals surface area contributed by atoms with Crippen molar-refractivity contribution in [3.8, 4) is 5.75 Å². The number of hydrogen-bond donors (Lipinski definition) is 1. The average Bonchev–Trinajstić information content (AvgIpc) is 2.85. The number of sulfonamides is 1. The van der Waals surface area contributed by atoms with Gasteiger partial charge in [-0.25, -0.2) is 13.1 Å². The third kappa shape index (κ3) is 3.66. The minimum absolute atomic E-state index is 0.0782. The lowest BCUT2D eigenvalue weighted by molar-refractivity contribution is 0.401. The highest BCUT2D eigenvalue weighted by atomic mass is 79.9. The normalized spacial score (nSPS) is 13.1. The van der Waals surface area contributed by atoms with E-state index in [9.17, 15) is 8.42 Å². The highest BCUT2D eigenvalue weighted by Crippen LogP contribution is 2.28. The van der Waals surface area contributed by atoms with Crippen LogP contribution >= 0.6 is 15.9 Å². The Balaban J connectivity index is 2.32. The van der Waals surface area contributed by atoms with Gasteiger partial charge in [-0.15, -0.1) is 0 Å². The third-order valence-corrected chi connectivity index (χ3v) is 4.99. The molecule has 1 aromatic heterocycles. The fourth-order valence-corrected chi connectivity index (χ4v) is 3.82. The van der Waals surface area contributed by atoms with Crippen molar-refractivity contribution in [2.75, 3.05) is 7.11 Å². The van der Waals surface area contributed by atoms with Gasteiger partial charge in [0.05, 0.1) is 13.2 Å². The van der Waals surface area contributed by atoms with Crippen molar-refractivity contribution >= 4 is 26.0 Å². The lowest BCUT2D eigenvalue weighted by Gasteiger charge is -2.14. The van der Waals surface area contributed by atoms with Crippen molar-refractivity contribution in [2.24, 2.45) is 0 Å². The van der Waals surface area contributed by atoms with E-state index in [0.717, 1.165) is 5.76 Å². The fraction of sp³-hybridized carbons (Fsp3) is 0.286. The van der Waals surface area contributed by atoms with Gasteiger partial charge in [-0.2, -0.15) is 0 Å². The van der Waals surface area contributed by atoms with Gasteiger partial charge >= 0.3 is 0 Å². The molecule has 0 aliphatic carbocycles. The Kier molecular flexibility index (Phi) is 4.75. The number of furan rings is 1. The minimum atomic E-state index is -3.73. The summed E-state index contributed by atoms with van der Waals surface area (Å²) >= 11 is 3.27. The zero-order valence-electron chi connectivity index (χ0n) is 11.9. The van der Waals surface area contributed by atoms with Gasteiger partial charge in [0.15, 0.2) is 0 Å². The lowest BCUT2D eigenvalue weighted by Crippen LogP contribution is -2.27. The molecule has 2 rings (SSSR count). The van der Waals surface area contributed by atoms with E-state index in [1.807, 2.05) is 6.92 Å². The van der Waals surface area contributed by atoms with E-state index in [0.29, 0.717) is 10.2 Å². The summed E-state index contributed by atoms with van der Waals surface area (Å²) in [6.45, 7) is 3.53. The number of halogens is 1. The maximum Gasteiger partial charge on any atom is 0.244 e. The maximum atomic E-state index is 12.5. The number of hydrogen-bond acceptors (Lipinski definition) is 4. The fourth-order valence-electron chi connectivity index (χ4n) is 1.90. The largest absolute Gasteiger partial charge is 0.495 e. The van der Waals surface area contributed by atoms with Crippen LogP contribution in [0.2, 0.25) is 0 Å². The SMILES string of the molecule is COc1ccc(Br)cc1S(=O)(=O)NC(C)c1ccc(C)o1. The van der Waals surface area contributed by atoms with Crippen LogP contribution in [0.25, 0.3) is 0 Å². The molecule has 0 amide bonds. The molecule has 7 heteroatoms. The smallest absolute Gasteiger partial charge is 0.244 e. The summed E-state index contributed by atoms with van der Waals surface area (Å²) in [5, 5.41) is 0. The summed E-state index contributed by atoms with van der Waals surface area (Å²) in [6.07, 6.45) is 0. The molecule has 114 valence electrons. The van der Waals surface area contributed by atoms with Crippen LogP contribution in [0.1, 0.15) is 24.5 Å². The third-order valence-electron chi connectivity index (χ3n) is 2.94. The summed E-state index contributed by atoms with van der Waals surface area (Å²) in [5.41, 5.74) is 0. The van der Waals surface area contributed by atoms with Crippen LogP contribution in [-0.2, 0) is 10.0 Å². The van der Waals surface area contributed by atoms with Crippen LogP contribution in [0.3, 0.4) is 0 Å². The van der Waals surface area contributed by atoms with Gasteiger partial charge in [0.2, 0.25) is 10.0 Å². The van der Waals surface area contributed by atoms with Crippen LogP contribution in [0.15, 0.2) is 44.1 Å². The highest BCUT2D eigenvalue weighted by molar-refractivity contribution is 9.10. The molecule has 1 N–H and O–H groups in total. The number of ether oxygens (including phenoxy) is 1. The van der Waals surface area contributed by atoms with E-state index in [2.05, 4.69) is 20.7 Å². The van der Waals surface area contributed by atoms with Crippen molar-refractivity contribution < 1.29 is 17.6 Å². The van der Waals surface area contributed by atoms with Crippen molar-refractivity contribution in [1.29, 1.82) is 0 Å². The Morgan fingerprint density at radius 1 is 1.29 bits per heavy atom. The first-order valence-corrected chi connectivity index (χ1v) is 8.53. The topological polar surface area (TPSA) is 68.5 Å². The molecule has 21 heavy (non-hydrogen) atoms. The molecule has 5 nitrogen and oxygen atoms in total. The van der Waals surface area contributed by atoms with Gasteiger partial charge < -0.3 is 9.15 Å². The van der Waals surface area contributed by atoms with E-state index < -0.39 is 16.1 Å². The minimum Gasteiger partial charge on any atom is -0.495 e. The number of benzene rings is 1. The van der Waals surface area contributed by atoms with E-state index in [1.54, 1.807) is 31.2 Å². The van der Waals surface area contributed by atoms with Gasteiger partial charge in [0, 0.05) is 4.47 Å². The second-order valence-electron chi connectivity index (χ2n) is 4.59. The predicted octanol–water partition coefficient (Wildman–Crippen LogP) is 3.40. The Morgan fingerprint density at radius 3 is 2.57 bits per heavy atom. The van der Waals surface area contributed by atoms with E-state index in [4.69, 9.17) is 9.15 Å². The first-order chi connectivity index (χ1) is 9.83. The average molecular weight is 374 g/mol. The monoisotopic (exact) mass is 373 g/mol. The summed E-state index contributed by atoms with van der Waals surface area (Å²) in [4.78, 5) is 0.0782. The number of nitrogens with one attached hydrogen (secondary N) is 1. The summed E-state index contributed by atoms with van der Waals surface area (Å²) in [5.74, 6) is 1.58. The molecule has 1 atom stereocenters. The van der Waals surface area contributed by atoms with Crippen molar-refractivity contribution in [3.63, 3.8) is 0 Å². The molecule has 0 radical (unpaired) electrons. The number of aryl methyl sites for hydroxylation is 1. The van der Waals surface area contributed by atoms with Crippen LogP contribution in [0, 0.1) is 6.92 Å². The summed E-state index contributed by atoms with van der Waals surface area (Å²) in [6, 6.07) is 7.88. The molecule has 1 heterocycles. The van der Waals surface area contributed by atoms with Gasteiger partial charge in [-0.1, -0.05) is 15.9 Å². The van der Waals surface area contributed by atoms with E-state index in [1.165, 1.54) is 13.2 Å². The molecular formula is C14H16BrNO4S. The van der Waals surface area contributed by atoms with Gasteiger partial charge in [0.1, 0.15) is 22.2 Å². The zero-order chi connectivity index (χ0) is 15.6. The molecule has 0 aliphatic heterocycles. The van der Waals surface area contributed by atoms with Gasteiger partial charge in [0.25, 0.3) is 0 Å². The second-order valence-corrected chi connectivity index (χ2v) is 7.18. The first kappa shape index (κ1) is 16.1. The van der Waals surface area contributed by atoms with Gasteiger partial charge in [-0.05, 0) is 44.2 Å². The number of rotatable bonds is 5. The quantitative estimate of drug-likeness (QED) is 0.871. The molecule has 0 saturated heterocycles. The Bertz CT molecular complexity index is 739. The Morgan fingerprint density at radius 2 is 2.00 bits per heavy atom. The molecular weight excluding hydrogens is 358 g/mol. The number of methoxy groups -OCH3 is 1. The first-order valence-electron chi connectivity index (χ1n) is 6.25. The van der Waals surface area contributed by atoms with E-state index in [-0.39, 0.29) is 10.6 Å². The van der Waals surface area contributed by atoms with Crippen LogP contribution in [0.5, 0.6) is 5.75 Å². The van der Waals surface area contributed by atoms with Crippen molar-refractivity contribution in [2.45, 2.75) is 24.8 Å². The predicted molar refractivity (Wildman–Crippen MR) is 82.9 cm³/mol. The molecule has 0 spiro atoms. The lowest BCUT2D eigenvalue weighted by atomic mass is 10.3. The van der Waals surface area contributed by atoms with Crippen LogP contribution in [0.4, 0.5) is 0 Å². The molecule has 1 unspecified atom stereocenters. The Labute approximate surface area is 132 Å². The van der Waals surface area contributed by atoms with Crippen molar-refractivity contribution in [3.05, 3.63) is 46.3 Å². The molecule has 2 aromatic rings. The second kappa shape index (κ2) is 6.21. The Hall–Kier alpha value is -1.31. The van der Waals surface area contributed by atoms with E-state index >= 15 is 0 Å². The van der Waals surface area contributed by atoms with Crippen molar-refractivity contribution in [1.82, 2.24) is 4.72 Å². The molecule has 0 aliphatic rings. The highest BCUT2D eigenvalue weighted by Gasteiger charge is 2.24. The maximum absolute atomic E-state index is 12.5. The molecule has 0 saturated carbocycles. The van der Waals surface area contributed by atoms with Crippen LogP contribution < -0.4 is 9.46 Å². The summed E-state index contributed by atoms with van der Waals surface area (Å²) in [7, 11) is -2.30. The molecule has 1 aromatic carbocycles.